The summed E-state index contributed by atoms with van der Waals surface area (Å²) in [5.41, 5.74) is 2.80. The molecule has 0 atom stereocenters. The fourth-order valence-corrected chi connectivity index (χ4v) is 3.36. The molecule has 1 fully saturated rings. The highest BCUT2D eigenvalue weighted by atomic mass is 16.5. The molecule has 0 heterocycles. The van der Waals surface area contributed by atoms with Gasteiger partial charge in [0, 0.05) is 12.2 Å². The summed E-state index contributed by atoms with van der Waals surface area (Å²) in [6.45, 7) is 11.2. The highest BCUT2D eigenvalue weighted by Crippen LogP contribution is 2.43. The van der Waals surface area contributed by atoms with E-state index in [1.165, 1.54) is 5.56 Å². The van der Waals surface area contributed by atoms with Crippen molar-refractivity contribution in [2.24, 2.45) is 5.41 Å². The molecule has 1 aromatic rings. The zero-order chi connectivity index (χ0) is 15.7. The average molecular weight is 288 g/mol. The van der Waals surface area contributed by atoms with E-state index in [0.29, 0.717) is 12.0 Å². The molecule has 0 unspecified atom stereocenters. The number of ketones is 1. The molecule has 0 aliphatic heterocycles. The van der Waals surface area contributed by atoms with Crippen LogP contribution >= 0.6 is 0 Å². The van der Waals surface area contributed by atoms with Crippen LogP contribution in [0.2, 0.25) is 0 Å². The molecule has 0 saturated heterocycles. The quantitative estimate of drug-likeness (QED) is 0.739. The first-order valence-corrected chi connectivity index (χ1v) is 8.06. The van der Waals surface area contributed by atoms with Gasteiger partial charge in [0.25, 0.3) is 0 Å². The molecule has 2 rings (SSSR count). The van der Waals surface area contributed by atoms with E-state index in [2.05, 4.69) is 26.8 Å². The largest absolute Gasteiger partial charge is 0.367 e. The van der Waals surface area contributed by atoms with Gasteiger partial charge in [-0.15, -0.1) is 0 Å². The maximum Gasteiger partial charge on any atom is 0.194 e. The van der Waals surface area contributed by atoms with Crippen LogP contribution in [0.5, 0.6) is 0 Å². The van der Waals surface area contributed by atoms with E-state index in [9.17, 15) is 4.79 Å². The number of carbonyl (C=O) groups excluding carboxylic acids is 1. The molecule has 21 heavy (non-hydrogen) atoms. The first-order chi connectivity index (χ1) is 9.80. The molecule has 0 aromatic heterocycles. The van der Waals surface area contributed by atoms with Crippen molar-refractivity contribution in [2.75, 3.05) is 6.61 Å². The van der Waals surface area contributed by atoms with E-state index >= 15 is 0 Å². The molecular weight excluding hydrogens is 260 g/mol. The smallest absolute Gasteiger partial charge is 0.194 e. The predicted octanol–water partition coefficient (Wildman–Crippen LogP) is 4.86. The van der Waals surface area contributed by atoms with Gasteiger partial charge in [0.2, 0.25) is 0 Å². The summed E-state index contributed by atoms with van der Waals surface area (Å²) in [6.07, 6.45) is 3.76. The topological polar surface area (TPSA) is 26.3 Å². The zero-order valence-corrected chi connectivity index (χ0v) is 14.1. The SMILES string of the molecule is CCOC1(C(=O)c2ccc(C)cc2C)CCC(C)(C)CC1. The van der Waals surface area contributed by atoms with Gasteiger partial charge in [-0.2, -0.15) is 0 Å². The summed E-state index contributed by atoms with van der Waals surface area (Å²) in [4.78, 5) is 13.1. The third-order valence-corrected chi connectivity index (χ3v) is 4.87. The maximum absolute atomic E-state index is 13.1. The minimum atomic E-state index is -0.607. The predicted molar refractivity (Wildman–Crippen MR) is 86.9 cm³/mol. The lowest BCUT2D eigenvalue weighted by Crippen LogP contribution is -2.46. The molecule has 0 bridgehead atoms. The van der Waals surface area contributed by atoms with Crippen molar-refractivity contribution in [2.45, 2.75) is 65.9 Å². The van der Waals surface area contributed by atoms with Crippen LogP contribution in [0.4, 0.5) is 0 Å². The van der Waals surface area contributed by atoms with Gasteiger partial charge in [0.05, 0.1) is 0 Å². The van der Waals surface area contributed by atoms with Gasteiger partial charge in [0.1, 0.15) is 5.60 Å². The van der Waals surface area contributed by atoms with Gasteiger partial charge in [-0.25, -0.2) is 0 Å². The summed E-state index contributed by atoms with van der Waals surface area (Å²) < 4.78 is 6.02. The Hall–Kier alpha value is -1.15. The Kier molecular flexibility index (Phi) is 4.57. The van der Waals surface area contributed by atoms with Gasteiger partial charge in [-0.05, 0) is 57.4 Å². The number of rotatable bonds is 4. The van der Waals surface area contributed by atoms with Crippen LogP contribution in [0.3, 0.4) is 0 Å². The molecule has 0 amide bonds. The number of benzene rings is 1. The van der Waals surface area contributed by atoms with Crippen LogP contribution in [0.1, 0.15) is 67.9 Å². The van der Waals surface area contributed by atoms with Gasteiger partial charge in [-0.3, -0.25) is 4.79 Å². The van der Waals surface area contributed by atoms with Crippen molar-refractivity contribution in [1.29, 1.82) is 0 Å². The second-order valence-corrected chi connectivity index (χ2v) is 7.24. The first-order valence-electron chi connectivity index (χ1n) is 8.06. The van der Waals surface area contributed by atoms with Gasteiger partial charge < -0.3 is 4.74 Å². The molecule has 116 valence electrons. The number of aryl methyl sites for hydroxylation is 2. The average Bonchev–Trinajstić information content (AvgIpc) is 2.41. The highest BCUT2D eigenvalue weighted by molar-refractivity contribution is 6.03. The lowest BCUT2D eigenvalue weighted by Gasteiger charge is -2.42. The third-order valence-electron chi connectivity index (χ3n) is 4.87. The Labute approximate surface area is 128 Å². The minimum absolute atomic E-state index is 0.178. The van der Waals surface area contributed by atoms with Crippen LogP contribution in [-0.2, 0) is 4.74 Å². The maximum atomic E-state index is 13.1. The number of hydrogen-bond donors (Lipinski definition) is 0. The zero-order valence-electron chi connectivity index (χ0n) is 14.1. The van der Waals surface area contributed by atoms with Crippen LogP contribution in [0, 0.1) is 19.3 Å². The molecule has 2 nitrogen and oxygen atoms in total. The summed E-state index contributed by atoms with van der Waals surface area (Å²) in [7, 11) is 0. The fourth-order valence-electron chi connectivity index (χ4n) is 3.36. The summed E-state index contributed by atoms with van der Waals surface area (Å²) >= 11 is 0. The molecule has 0 radical (unpaired) electrons. The monoisotopic (exact) mass is 288 g/mol. The van der Waals surface area contributed by atoms with Crippen molar-refractivity contribution in [3.63, 3.8) is 0 Å². The van der Waals surface area contributed by atoms with Gasteiger partial charge in [0.15, 0.2) is 5.78 Å². The van der Waals surface area contributed by atoms with E-state index in [-0.39, 0.29) is 5.78 Å². The third kappa shape index (κ3) is 3.37. The van der Waals surface area contributed by atoms with Crippen LogP contribution in [0.15, 0.2) is 18.2 Å². The number of carbonyl (C=O) groups is 1. The lowest BCUT2D eigenvalue weighted by molar-refractivity contribution is -0.0580. The molecule has 2 heteroatoms. The van der Waals surface area contributed by atoms with Gasteiger partial charge in [-0.1, -0.05) is 37.6 Å². The summed E-state index contributed by atoms with van der Waals surface area (Å²) in [5, 5.41) is 0. The molecule has 0 spiro atoms. The van der Waals surface area contributed by atoms with E-state index in [4.69, 9.17) is 4.74 Å². The second kappa shape index (κ2) is 5.92. The molecule has 1 aromatic carbocycles. The van der Waals surface area contributed by atoms with E-state index in [1.807, 2.05) is 26.0 Å². The van der Waals surface area contributed by atoms with Crippen molar-refractivity contribution >= 4 is 5.78 Å². The molecule has 1 saturated carbocycles. The Bertz CT molecular complexity index is 518. The van der Waals surface area contributed by atoms with Crippen molar-refractivity contribution < 1.29 is 9.53 Å². The Morgan fingerprint density at radius 1 is 1.14 bits per heavy atom. The Morgan fingerprint density at radius 3 is 2.29 bits per heavy atom. The number of ether oxygens (including phenoxy) is 1. The standard InChI is InChI=1S/C19H28O2/c1-6-21-19(11-9-18(4,5)10-12-19)17(20)16-8-7-14(2)13-15(16)3/h7-8,13H,6,9-12H2,1-5H3. The highest BCUT2D eigenvalue weighted by Gasteiger charge is 2.45. The van der Waals surface area contributed by atoms with E-state index in [0.717, 1.165) is 36.8 Å². The molecule has 0 N–H and O–H groups in total. The fraction of sp³-hybridized carbons (Fsp3) is 0.632. The van der Waals surface area contributed by atoms with E-state index in [1.54, 1.807) is 0 Å². The van der Waals surface area contributed by atoms with E-state index < -0.39 is 5.60 Å². The van der Waals surface area contributed by atoms with Crippen LogP contribution < -0.4 is 0 Å². The Balaban J connectivity index is 2.32. The number of hydrogen-bond acceptors (Lipinski definition) is 2. The molecule has 1 aliphatic rings. The summed E-state index contributed by atoms with van der Waals surface area (Å²) in [6, 6.07) is 6.07. The number of Topliss-reactive ketones (excluding diaryl/α,β-unsaturated/α-hetero) is 1. The summed E-state index contributed by atoms with van der Waals surface area (Å²) in [5.74, 6) is 0.178. The van der Waals surface area contributed by atoms with Crippen LogP contribution in [0.25, 0.3) is 0 Å². The second-order valence-electron chi connectivity index (χ2n) is 7.24. The molecular formula is C19H28O2. The van der Waals surface area contributed by atoms with Crippen molar-refractivity contribution in [1.82, 2.24) is 0 Å². The normalized spacial score (nSPS) is 20.2. The van der Waals surface area contributed by atoms with Crippen molar-refractivity contribution in [3.05, 3.63) is 34.9 Å². The van der Waals surface area contributed by atoms with Crippen molar-refractivity contribution in [3.8, 4) is 0 Å². The van der Waals surface area contributed by atoms with Gasteiger partial charge >= 0.3 is 0 Å². The molecule has 1 aliphatic carbocycles. The van der Waals surface area contributed by atoms with Crippen LogP contribution in [-0.4, -0.2) is 18.0 Å². The Morgan fingerprint density at radius 2 is 1.76 bits per heavy atom. The lowest BCUT2D eigenvalue weighted by atomic mass is 9.68. The minimum Gasteiger partial charge on any atom is -0.367 e. The first kappa shape index (κ1) is 16.2.